The van der Waals surface area contributed by atoms with Crippen molar-refractivity contribution in [2.24, 2.45) is 0 Å². The zero-order chi connectivity index (χ0) is 20.2. The van der Waals surface area contributed by atoms with Crippen molar-refractivity contribution in [2.75, 3.05) is 11.9 Å². The second-order valence-corrected chi connectivity index (χ2v) is 9.14. The molecule has 0 unspecified atom stereocenters. The van der Waals surface area contributed by atoms with Crippen LogP contribution in [0, 0.1) is 6.92 Å². The number of allylic oxidation sites excluding steroid dienone is 3. The Hall–Kier alpha value is -2.62. The smallest absolute Gasteiger partial charge is 0.0805 e. The molecule has 0 saturated carbocycles. The molecule has 0 bridgehead atoms. The molecule has 1 aliphatic rings. The van der Waals surface area contributed by atoms with Gasteiger partial charge < -0.3 is 4.90 Å². The molecule has 1 nitrogen and oxygen atoms in total. The van der Waals surface area contributed by atoms with E-state index in [4.69, 9.17) is 0 Å². The van der Waals surface area contributed by atoms with Crippen LogP contribution in [0.1, 0.15) is 11.1 Å². The molecule has 0 aromatic heterocycles. The standard InChI is InChI=1S/C26H23NS2/c1-19-11-7-9-15-24(19)28-20(2)17-22(21-12-5-4-6-13-21)18-26-27(3)23-14-8-10-16-25(23)29-26/h4-18H,2H2,1,3H3/b22-17-,26-18+. The predicted octanol–water partition coefficient (Wildman–Crippen LogP) is 7.77. The second kappa shape index (κ2) is 8.81. The fourth-order valence-electron chi connectivity index (χ4n) is 3.23. The second-order valence-electron chi connectivity index (χ2n) is 6.91. The normalized spacial score (nSPS) is 14.9. The SMILES string of the molecule is C=C(/C=C(/C=C1/Sc2ccccc2N1C)c1ccccc1)Sc1ccccc1C. The third-order valence-electron chi connectivity index (χ3n) is 4.81. The number of rotatable bonds is 5. The number of hydrogen-bond donors (Lipinski definition) is 0. The van der Waals surface area contributed by atoms with Crippen LogP contribution in [0.5, 0.6) is 0 Å². The van der Waals surface area contributed by atoms with E-state index in [1.165, 1.54) is 37.2 Å². The van der Waals surface area contributed by atoms with Gasteiger partial charge in [-0.15, -0.1) is 0 Å². The molecule has 0 radical (unpaired) electrons. The van der Waals surface area contributed by atoms with Crippen LogP contribution in [-0.2, 0) is 0 Å². The van der Waals surface area contributed by atoms with Crippen molar-refractivity contribution in [3.8, 4) is 0 Å². The summed E-state index contributed by atoms with van der Waals surface area (Å²) in [5, 5.41) is 1.22. The Balaban J connectivity index is 1.67. The molecule has 3 heteroatoms. The number of nitrogens with zero attached hydrogens (tertiary/aromatic N) is 1. The van der Waals surface area contributed by atoms with Crippen LogP contribution in [0.25, 0.3) is 5.57 Å². The first-order valence-corrected chi connectivity index (χ1v) is 11.2. The van der Waals surface area contributed by atoms with Crippen LogP contribution in [0.15, 0.2) is 117 Å². The maximum atomic E-state index is 4.33. The van der Waals surface area contributed by atoms with Gasteiger partial charge in [-0.05, 0) is 54.0 Å². The number of hydrogen-bond acceptors (Lipinski definition) is 3. The third kappa shape index (κ3) is 4.52. The van der Waals surface area contributed by atoms with Gasteiger partial charge in [0.15, 0.2) is 0 Å². The fourth-order valence-corrected chi connectivity index (χ4v) is 5.18. The van der Waals surface area contributed by atoms with Gasteiger partial charge in [-0.2, -0.15) is 0 Å². The molecular weight excluding hydrogens is 390 g/mol. The summed E-state index contributed by atoms with van der Waals surface area (Å²) in [5.74, 6) is 0. The lowest BCUT2D eigenvalue weighted by atomic mass is 10.1. The van der Waals surface area contributed by atoms with E-state index in [0.717, 1.165) is 4.91 Å². The maximum absolute atomic E-state index is 4.33. The van der Waals surface area contributed by atoms with Crippen LogP contribution >= 0.6 is 23.5 Å². The minimum atomic E-state index is 1.03. The van der Waals surface area contributed by atoms with E-state index in [9.17, 15) is 0 Å². The van der Waals surface area contributed by atoms with E-state index in [0.29, 0.717) is 0 Å². The first kappa shape index (κ1) is 19.7. The molecule has 0 saturated heterocycles. The van der Waals surface area contributed by atoms with Gasteiger partial charge in [-0.25, -0.2) is 0 Å². The zero-order valence-electron chi connectivity index (χ0n) is 16.6. The Kier molecular flexibility index (Phi) is 5.98. The lowest BCUT2D eigenvalue weighted by molar-refractivity contribution is 1.18. The van der Waals surface area contributed by atoms with Gasteiger partial charge in [0.25, 0.3) is 0 Å². The molecule has 3 aromatic rings. The van der Waals surface area contributed by atoms with Crippen molar-refractivity contribution in [1.29, 1.82) is 0 Å². The van der Waals surface area contributed by atoms with Crippen molar-refractivity contribution >= 4 is 34.8 Å². The van der Waals surface area contributed by atoms with E-state index < -0.39 is 0 Å². The molecule has 0 atom stereocenters. The molecule has 0 aliphatic carbocycles. The van der Waals surface area contributed by atoms with Crippen molar-refractivity contribution in [3.63, 3.8) is 0 Å². The van der Waals surface area contributed by atoms with Gasteiger partial charge >= 0.3 is 0 Å². The van der Waals surface area contributed by atoms with Crippen molar-refractivity contribution < 1.29 is 0 Å². The molecule has 4 rings (SSSR count). The zero-order valence-corrected chi connectivity index (χ0v) is 18.3. The van der Waals surface area contributed by atoms with Crippen LogP contribution in [0.3, 0.4) is 0 Å². The summed E-state index contributed by atoms with van der Waals surface area (Å²) in [4.78, 5) is 5.82. The minimum Gasteiger partial charge on any atom is -0.338 e. The number of para-hydroxylation sites is 1. The summed E-state index contributed by atoms with van der Waals surface area (Å²) >= 11 is 3.53. The molecule has 144 valence electrons. The quantitative estimate of drug-likeness (QED) is 0.311. The van der Waals surface area contributed by atoms with Crippen molar-refractivity contribution in [2.45, 2.75) is 16.7 Å². The maximum Gasteiger partial charge on any atom is 0.0805 e. The molecule has 0 fully saturated rings. The lowest BCUT2D eigenvalue weighted by Gasteiger charge is -2.15. The van der Waals surface area contributed by atoms with Crippen LogP contribution < -0.4 is 4.90 Å². The first-order valence-electron chi connectivity index (χ1n) is 9.53. The predicted molar refractivity (Wildman–Crippen MR) is 129 cm³/mol. The van der Waals surface area contributed by atoms with Gasteiger partial charge in [0.2, 0.25) is 0 Å². The molecule has 1 aliphatic heterocycles. The van der Waals surface area contributed by atoms with Gasteiger partial charge in [0.05, 0.1) is 10.7 Å². The fraction of sp³-hybridized carbons (Fsp3) is 0.0769. The summed E-state index contributed by atoms with van der Waals surface area (Å²) in [5.41, 5.74) is 4.88. The van der Waals surface area contributed by atoms with Crippen molar-refractivity contribution in [1.82, 2.24) is 0 Å². The van der Waals surface area contributed by atoms with Crippen molar-refractivity contribution in [3.05, 3.63) is 119 Å². The van der Waals surface area contributed by atoms with Crippen LogP contribution in [-0.4, -0.2) is 7.05 Å². The average molecular weight is 414 g/mol. The highest BCUT2D eigenvalue weighted by Gasteiger charge is 2.21. The Morgan fingerprint density at radius 1 is 0.931 bits per heavy atom. The number of anilines is 1. The summed E-state index contributed by atoms with van der Waals surface area (Å²) in [6.07, 6.45) is 4.46. The summed E-state index contributed by atoms with van der Waals surface area (Å²) in [6.45, 7) is 6.47. The topological polar surface area (TPSA) is 3.24 Å². The number of benzene rings is 3. The summed E-state index contributed by atoms with van der Waals surface area (Å²) in [6, 6.07) is 27.5. The van der Waals surface area contributed by atoms with Crippen LogP contribution in [0.2, 0.25) is 0 Å². The van der Waals surface area contributed by atoms with Crippen LogP contribution in [0.4, 0.5) is 5.69 Å². The molecule has 1 heterocycles. The average Bonchev–Trinajstić information content (AvgIpc) is 3.05. The summed E-state index contributed by atoms with van der Waals surface area (Å²) in [7, 11) is 2.13. The van der Waals surface area contributed by atoms with E-state index in [1.54, 1.807) is 11.8 Å². The minimum absolute atomic E-state index is 1.03. The Morgan fingerprint density at radius 3 is 2.38 bits per heavy atom. The monoisotopic (exact) mass is 413 g/mol. The molecule has 0 spiro atoms. The van der Waals surface area contributed by atoms with E-state index in [1.807, 2.05) is 11.8 Å². The highest BCUT2D eigenvalue weighted by atomic mass is 32.2. The van der Waals surface area contributed by atoms with E-state index in [-0.39, 0.29) is 0 Å². The third-order valence-corrected chi connectivity index (χ3v) is 7.03. The number of thioether (sulfide) groups is 2. The molecular formula is C26H23NS2. The Bertz CT molecular complexity index is 1100. The summed E-state index contributed by atoms with van der Waals surface area (Å²) < 4.78 is 0. The lowest BCUT2D eigenvalue weighted by Crippen LogP contribution is -2.09. The Labute approximate surface area is 181 Å². The van der Waals surface area contributed by atoms with Gasteiger partial charge in [0.1, 0.15) is 0 Å². The molecule has 0 amide bonds. The largest absolute Gasteiger partial charge is 0.338 e. The highest BCUT2D eigenvalue weighted by Crippen LogP contribution is 2.45. The highest BCUT2D eigenvalue weighted by molar-refractivity contribution is 8.03. The van der Waals surface area contributed by atoms with Gasteiger partial charge in [-0.1, -0.05) is 90.8 Å². The molecule has 0 N–H and O–H groups in total. The Morgan fingerprint density at radius 2 is 1.62 bits per heavy atom. The number of aryl methyl sites for hydroxylation is 1. The van der Waals surface area contributed by atoms with E-state index in [2.05, 4.69) is 116 Å². The van der Waals surface area contributed by atoms with Gasteiger partial charge in [0, 0.05) is 21.7 Å². The first-order chi connectivity index (χ1) is 14.1. The van der Waals surface area contributed by atoms with Gasteiger partial charge in [-0.3, -0.25) is 0 Å². The van der Waals surface area contributed by atoms with E-state index >= 15 is 0 Å². The number of fused-ring (bicyclic) bond motifs is 1. The molecule has 3 aromatic carbocycles. The molecule has 29 heavy (non-hydrogen) atoms.